The Kier molecular flexibility index (Phi) is 4.02. The third-order valence-electron chi connectivity index (χ3n) is 2.30. The molecule has 4 nitrogen and oxygen atoms in total. The van der Waals surface area contributed by atoms with Gasteiger partial charge in [-0.3, -0.25) is 0 Å². The molecule has 0 bridgehead atoms. The summed E-state index contributed by atoms with van der Waals surface area (Å²) in [7, 11) is 0. The predicted molar refractivity (Wildman–Crippen MR) is 65.6 cm³/mol. The summed E-state index contributed by atoms with van der Waals surface area (Å²) >= 11 is 5.84. The first-order valence-corrected chi connectivity index (χ1v) is 5.66. The first-order valence-electron chi connectivity index (χ1n) is 5.28. The number of ether oxygens (including phenoxy) is 1. The second-order valence-corrected chi connectivity index (χ2v) is 4.17. The molecule has 0 radical (unpaired) electrons. The molecule has 0 aliphatic rings. The third kappa shape index (κ3) is 3.35. The first-order chi connectivity index (χ1) is 8.65. The van der Waals surface area contributed by atoms with Crippen LogP contribution in [0.3, 0.4) is 0 Å². The van der Waals surface area contributed by atoms with E-state index >= 15 is 0 Å². The quantitative estimate of drug-likeness (QED) is 0.902. The minimum absolute atomic E-state index is 0.122. The van der Waals surface area contributed by atoms with E-state index in [4.69, 9.17) is 25.9 Å². The number of aromatic carboxylic acids is 1. The van der Waals surface area contributed by atoms with Crippen LogP contribution in [-0.4, -0.2) is 11.1 Å². The van der Waals surface area contributed by atoms with Gasteiger partial charge in [-0.15, -0.1) is 0 Å². The lowest BCUT2D eigenvalue weighted by molar-refractivity contribution is 0.0696. The van der Waals surface area contributed by atoms with Crippen molar-refractivity contribution in [1.29, 1.82) is 0 Å². The van der Waals surface area contributed by atoms with Gasteiger partial charge in [-0.2, -0.15) is 0 Å². The SMILES string of the molecule is O=C(O)c1coc(COCc2cccc(Cl)c2)c1. The fraction of sp³-hybridized carbons (Fsp3) is 0.154. The van der Waals surface area contributed by atoms with Gasteiger partial charge >= 0.3 is 5.97 Å². The van der Waals surface area contributed by atoms with E-state index in [-0.39, 0.29) is 12.2 Å². The molecule has 0 fully saturated rings. The van der Waals surface area contributed by atoms with E-state index < -0.39 is 5.97 Å². The Bertz CT molecular complexity index is 547. The molecule has 0 amide bonds. The Hall–Kier alpha value is -1.78. The summed E-state index contributed by atoms with van der Waals surface area (Å²) in [6.07, 6.45) is 1.19. The largest absolute Gasteiger partial charge is 0.478 e. The molecule has 2 aromatic rings. The molecule has 18 heavy (non-hydrogen) atoms. The van der Waals surface area contributed by atoms with Crippen molar-refractivity contribution in [1.82, 2.24) is 0 Å². The van der Waals surface area contributed by atoms with Crippen molar-refractivity contribution in [2.24, 2.45) is 0 Å². The minimum Gasteiger partial charge on any atom is -0.478 e. The molecule has 1 aromatic carbocycles. The number of furan rings is 1. The van der Waals surface area contributed by atoms with Crippen LogP contribution in [0.5, 0.6) is 0 Å². The zero-order chi connectivity index (χ0) is 13.0. The van der Waals surface area contributed by atoms with Crippen molar-refractivity contribution >= 4 is 17.6 Å². The molecule has 0 aliphatic carbocycles. The maximum absolute atomic E-state index is 10.6. The smallest absolute Gasteiger partial charge is 0.338 e. The maximum Gasteiger partial charge on any atom is 0.338 e. The van der Waals surface area contributed by atoms with Crippen molar-refractivity contribution < 1.29 is 19.1 Å². The lowest BCUT2D eigenvalue weighted by Crippen LogP contribution is -1.94. The average molecular weight is 267 g/mol. The fourth-order valence-corrected chi connectivity index (χ4v) is 1.68. The van der Waals surface area contributed by atoms with Crippen molar-refractivity contribution in [2.45, 2.75) is 13.2 Å². The standard InChI is InChI=1S/C13H11ClO4/c14-11-3-1-2-9(4-11)6-17-8-12-5-10(7-18-12)13(15)16/h1-5,7H,6,8H2,(H,15,16). The van der Waals surface area contributed by atoms with Crippen LogP contribution in [0.4, 0.5) is 0 Å². The van der Waals surface area contributed by atoms with E-state index in [0.29, 0.717) is 17.4 Å². The van der Waals surface area contributed by atoms with E-state index in [1.54, 1.807) is 6.07 Å². The first kappa shape index (κ1) is 12.7. The summed E-state index contributed by atoms with van der Waals surface area (Å²) in [5, 5.41) is 9.37. The maximum atomic E-state index is 10.6. The molecule has 1 aromatic heterocycles. The number of carbonyl (C=O) groups is 1. The van der Waals surface area contributed by atoms with Crippen molar-refractivity contribution in [3.8, 4) is 0 Å². The van der Waals surface area contributed by atoms with Crippen molar-refractivity contribution in [2.75, 3.05) is 0 Å². The molecule has 1 N–H and O–H groups in total. The van der Waals surface area contributed by atoms with Gasteiger partial charge in [0.05, 0.1) is 12.2 Å². The molecule has 5 heteroatoms. The Labute approximate surface area is 109 Å². The van der Waals surface area contributed by atoms with E-state index in [9.17, 15) is 4.79 Å². The van der Waals surface area contributed by atoms with Gasteiger partial charge in [0.1, 0.15) is 18.6 Å². The number of rotatable bonds is 5. The van der Waals surface area contributed by atoms with E-state index in [2.05, 4.69) is 0 Å². The summed E-state index contributed by atoms with van der Waals surface area (Å²) < 4.78 is 10.5. The molecule has 2 rings (SSSR count). The lowest BCUT2D eigenvalue weighted by atomic mass is 10.2. The average Bonchev–Trinajstić information content (AvgIpc) is 2.78. The van der Waals surface area contributed by atoms with Gasteiger partial charge in [-0.25, -0.2) is 4.79 Å². The number of carboxylic acid groups (broad SMARTS) is 1. The number of hydrogen-bond acceptors (Lipinski definition) is 3. The molecule has 0 atom stereocenters. The second-order valence-electron chi connectivity index (χ2n) is 3.73. The fourth-order valence-electron chi connectivity index (χ4n) is 1.46. The van der Waals surface area contributed by atoms with Crippen molar-refractivity contribution in [3.63, 3.8) is 0 Å². The Morgan fingerprint density at radius 2 is 2.17 bits per heavy atom. The van der Waals surface area contributed by atoms with Crippen molar-refractivity contribution in [3.05, 3.63) is 58.5 Å². The van der Waals surface area contributed by atoms with E-state index in [1.165, 1.54) is 12.3 Å². The predicted octanol–water partition coefficient (Wildman–Crippen LogP) is 3.35. The Morgan fingerprint density at radius 3 is 2.83 bits per heavy atom. The van der Waals surface area contributed by atoms with Crippen LogP contribution < -0.4 is 0 Å². The van der Waals surface area contributed by atoms with Gasteiger partial charge in [-0.1, -0.05) is 23.7 Å². The van der Waals surface area contributed by atoms with E-state index in [1.807, 2.05) is 18.2 Å². The normalized spacial score (nSPS) is 10.5. The van der Waals surface area contributed by atoms with Gasteiger partial charge in [-0.05, 0) is 23.8 Å². The summed E-state index contributed by atoms with van der Waals surface area (Å²) in [4.78, 5) is 10.6. The molecule has 1 heterocycles. The lowest BCUT2D eigenvalue weighted by Gasteiger charge is -2.02. The van der Waals surface area contributed by atoms with Gasteiger partial charge in [0, 0.05) is 5.02 Å². The van der Waals surface area contributed by atoms with Crippen LogP contribution >= 0.6 is 11.6 Å². The zero-order valence-electron chi connectivity index (χ0n) is 9.43. The number of hydrogen-bond donors (Lipinski definition) is 1. The molecule has 0 unspecified atom stereocenters. The zero-order valence-corrected chi connectivity index (χ0v) is 10.2. The Morgan fingerprint density at radius 1 is 1.33 bits per heavy atom. The third-order valence-corrected chi connectivity index (χ3v) is 2.54. The molecule has 0 saturated heterocycles. The summed E-state index contributed by atoms with van der Waals surface area (Å²) in [5.74, 6) is -0.533. The highest BCUT2D eigenvalue weighted by atomic mass is 35.5. The van der Waals surface area contributed by atoms with Gasteiger partial charge in [0.25, 0.3) is 0 Å². The van der Waals surface area contributed by atoms with E-state index in [0.717, 1.165) is 5.56 Å². The highest BCUT2D eigenvalue weighted by molar-refractivity contribution is 6.30. The Balaban J connectivity index is 1.86. The van der Waals surface area contributed by atoms with Gasteiger partial charge in [0.2, 0.25) is 0 Å². The van der Waals surface area contributed by atoms with Gasteiger partial charge in [0.15, 0.2) is 0 Å². The summed E-state index contributed by atoms with van der Waals surface area (Å²) in [5.41, 5.74) is 1.07. The summed E-state index contributed by atoms with van der Waals surface area (Å²) in [6, 6.07) is 8.79. The molecular formula is C13H11ClO4. The minimum atomic E-state index is -1.01. The number of halogens is 1. The highest BCUT2D eigenvalue weighted by Crippen LogP contribution is 2.13. The van der Waals surface area contributed by atoms with Crippen LogP contribution in [-0.2, 0) is 18.0 Å². The molecule has 0 saturated carbocycles. The number of carboxylic acids is 1. The molecule has 0 aliphatic heterocycles. The van der Waals surface area contributed by atoms with Crippen LogP contribution in [0, 0.1) is 0 Å². The van der Waals surface area contributed by atoms with Crippen LogP contribution in [0.1, 0.15) is 21.7 Å². The van der Waals surface area contributed by atoms with Crippen LogP contribution in [0.15, 0.2) is 41.0 Å². The molecule has 0 spiro atoms. The molecule has 94 valence electrons. The van der Waals surface area contributed by atoms with Crippen LogP contribution in [0.2, 0.25) is 5.02 Å². The number of benzene rings is 1. The van der Waals surface area contributed by atoms with Gasteiger partial charge < -0.3 is 14.3 Å². The highest BCUT2D eigenvalue weighted by Gasteiger charge is 2.08. The molecular weight excluding hydrogens is 256 g/mol. The topological polar surface area (TPSA) is 59.7 Å². The monoisotopic (exact) mass is 266 g/mol. The van der Waals surface area contributed by atoms with Crippen LogP contribution in [0.25, 0.3) is 0 Å². The summed E-state index contributed by atoms with van der Waals surface area (Å²) in [6.45, 7) is 0.615. The second kappa shape index (κ2) is 5.71.